The molecule has 1 heterocycles. The van der Waals surface area contributed by atoms with Gasteiger partial charge in [-0.05, 0) is 58.3 Å². The summed E-state index contributed by atoms with van der Waals surface area (Å²) in [5.41, 5.74) is -0.744. The fourth-order valence-electron chi connectivity index (χ4n) is 3.20. The molecule has 3 fully saturated rings. The third kappa shape index (κ3) is 1.82. The molecule has 1 unspecified atom stereocenters. The van der Waals surface area contributed by atoms with Crippen LogP contribution in [0.2, 0.25) is 0 Å². The molecule has 1 atom stereocenters. The second kappa shape index (κ2) is 3.72. The first-order valence-corrected chi connectivity index (χ1v) is 7.06. The standard InChI is InChI=1S/C14H22N2O2/c1-8-12(17)15-14(2,3)13(18)16(8)11(9-4-5-9)10-6-7-10/h8-11H,4-7H2,1-3H3,(H,15,17). The van der Waals surface area contributed by atoms with E-state index in [9.17, 15) is 9.59 Å². The summed E-state index contributed by atoms with van der Waals surface area (Å²) in [4.78, 5) is 26.6. The van der Waals surface area contributed by atoms with E-state index in [1.165, 1.54) is 25.7 Å². The highest BCUT2D eigenvalue weighted by atomic mass is 16.2. The number of carbonyl (C=O) groups excluding carboxylic acids is 2. The van der Waals surface area contributed by atoms with Crippen LogP contribution in [-0.4, -0.2) is 34.3 Å². The molecular weight excluding hydrogens is 228 g/mol. The lowest BCUT2D eigenvalue weighted by Crippen LogP contribution is -2.69. The van der Waals surface area contributed by atoms with E-state index in [-0.39, 0.29) is 17.9 Å². The SMILES string of the molecule is CC1C(=O)NC(C)(C)C(=O)N1C(C1CC1)C1CC1. The predicted molar refractivity (Wildman–Crippen MR) is 67.8 cm³/mol. The Bertz CT molecular complexity index is 385. The van der Waals surface area contributed by atoms with E-state index in [4.69, 9.17) is 0 Å². The fourth-order valence-corrected chi connectivity index (χ4v) is 3.20. The van der Waals surface area contributed by atoms with Crippen molar-refractivity contribution in [1.29, 1.82) is 0 Å². The van der Waals surface area contributed by atoms with E-state index in [1.807, 2.05) is 25.7 Å². The van der Waals surface area contributed by atoms with Crippen molar-refractivity contribution < 1.29 is 9.59 Å². The van der Waals surface area contributed by atoms with Crippen LogP contribution in [0.4, 0.5) is 0 Å². The molecule has 0 aromatic heterocycles. The highest BCUT2D eigenvalue weighted by molar-refractivity contribution is 5.99. The van der Waals surface area contributed by atoms with Gasteiger partial charge >= 0.3 is 0 Å². The van der Waals surface area contributed by atoms with Crippen LogP contribution in [0.1, 0.15) is 46.5 Å². The Morgan fingerprint density at radius 1 is 1.17 bits per heavy atom. The number of nitrogens with zero attached hydrogens (tertiary/aromatic N) is 1. The molecule has 2 saturated carbocycles. The van der Waals surface area contributed by atoms with E-state index in [0.717, 1.165) is 0 Å². The monoisotopic (exact) mass is 250 g/mol. The van der Waals surface area contributed by atoms with Crippen LogP contribution in [0.15, 0.2) is 0 Å². The Morgan fingerprint density at radius 2 is 1.67 bits per heavy atom. The van der Waals surface area contributed by atoms with E-state index < -0.39 is 5.54 Å². The zero-order valence-electron chi connectivity index (χ0n) is 11.4. The minimum atomic E-state index is -0.744. The van der Waals surface area contributed by atoms with Crippen molar-refractivity contribution >= 4 is 11.8 Å². The largest absolute Gasteiger partial charge is 0.340 e. The van der Waals surface area contributed by atoms with E-state index in [2.05, 4.69) is 5.32 Å². The second-order valence-electron chi connectivity index (χ2n) is 6.67. The van der Waals surface area contributed by atoms with Gasteiger partial charge in [-0.15, -0.1) is 0 Å². The lowest BCUT2D eigenvalue weighted by molar-refractivity contribution is -0.156. The molecule has 1 saturated heterocycles. The molecule has 0 radical (unpaired) electrons. The summed E-state index contributed by atoms with van der Waals surface area (Å²) < 4.78 is 0. The number of carbonyl (C=O) groups is 2. The number of hydrogen-bond acceptors (Lipinski definition) is 2. The molecule has 1 N–H and O–H groups in total. The Labute approximate surface area is 108 Å². The number of amides is 2. The maximum Gasteiger partial charge on any atom is 0.248 e. The van der Waals surface area contributed by atoms with E-state index in [0.29, 0.717) is 17.9 Å². The van der Waals surface area contributed by atoms with E-state index >= 15 is 0 Å². The molecule has 0 aromatic rings. The van der Waals surface area contributed by atoms with Crippen LogP contribution in [0.25, 0.3) is 0 Å². The molecule has 0 aromatic carbocycles. The van der Waals surface area contributed by atoms with Gasteiger partial charge in [0.25, 0.3) is 0 Å². The molecule has 0 bridgehead atoms. The minimum Gasteiger partial charge on any atom is -0.340 e. The van der Waals surface area contributed by atoms with Gasteiger partial charge in [0.05, 0.1) is 0 Å². The number of hydrogen-bond donors (Lipinski definition) is 1. The lowest BCUT2D eigenvalue weighted by Gasteiger charge is -2.46. The van der Waals surface area contributed by atoms with Gasteiger partial charge in [0.2, 0.25) is 11.8 Å². The molecule has 2 aliphatic carbocycles. The molecule has 0 spiro atoms. The van der Waals surface area contributed by atoms with Crippen LogP contribution >= 0.6 is 0 Å². The van der Waals surface area contributed by atoms with Crippen LogP contribution in [0.5, 0.6) is 0 Å². The lowest BCUT2D eigenvalue weighted by atomic mass is 9.92. The Balaban J connectivity index is 1.90. The summed E-state index contributed by atoms with van der Waals surface area (Å²) in [6, 6.07) is 0.00884. The van der Waals surface area contributed by atoms with Crippen molar-refractivity contribution in [2.24, 2.45) is 11.8 Å². The maximum atomic E-state index is 12.6. The number of nitrogens with one attached hydrogen (secondary N) is 1. The van der Waals surface area contributed by atoms with Crippen molar-refractivity contribution in [3.8, 4) is 0 Å². The van der Waals surface area contributed by atoms with Gasteiger partial charge < -0.3 is 10.2 Å². The molecule has 3 aliphatic rings. The van der Waals surface area contributed by atoms with Crippen molar-refractivity contribution in [2.75, 3.05) is 0 Å². The Hall–Kier alpha value is -1.06. The summed E-state index contributed by atoms with van der Waals surface area (Å²) in [5, 5.41) is 2.83. The van der Waals surface area contributed by atoms with Gasteiger partial charge in [-0.1, -0.05) is 0 Å². The quantitative estimate of drug-likeness (QED) is 0.821. The summed E-state index contributed by atoms with van der Waals surface area (Å²) in [5.74, 6) is 1.38. The molecule has 3 rings (SSSR count). The summed E-state index contributed by atoms with van der Waals surface area (Å²) in [6.07, 6.45) is 4.89. The number of piperazine rings is 1. The zero-order valence-corrected chi connectivity index (χ0v) is 11.4. The zero-order chi connectivity index (χ0) is 13.1. The fraction of sp³-hybridized carbons (Fsp3) is 0.857. The normalized spacial score (nSPS) is 31.8. The molecule has 18 heavy (non-hydrogen) atoms. The first-order valence-electron chi connectivity index (χ1n) is 7.06. The number of rotatable bonds is 3. The van der Waals surface area contributed by atoms with E-state index in [1.54, 1.807) is 0 Å². The van der Waals surface area contributed by atoms with Crippen LogP contribution in [0, 0.1) is 11.8 Å². The first-order chi connectivity index (χ1) is 8.42. The second-order valence-corrected chi connectivity index (χ2v) is 6.67. The average molecular weight is 250 g/mol. The van der Waals surface area contributed by atoms with Crippen molar-refractivity contribution in [3.63, 3.8) is 0 Å². The average Bonchev–Trinajstić information content (AvgIpc) is 3.12. The third-order valence-electron chi connectivity index (χ3n) is 4.53. The van der Waals surface area contributed by atoms with Crippen molar-refractivity contribution in [2.45, 2.75) is 64.1 Å². The van der Waals surface area contributed by atoms with Crippen LogP contribution < -0.4 is 5.32 Å². The molecular formula is C14H22N2O2. The maximum absolute atomic E-state index is 12.6. The van der Waals surface area contributed by atoms with Gasteiger partial charge in [-0.2, -0.15) is 0 Å². The van der Waals surface area contributed by atoms with Gasteiger partial charge in [-0.25, -0.2) is 0 Å². The molecule has 1 aliphatic heterocycles. The van der Waals surface area contributed by atoms with Crippen molar-refractivity contribution in [1.82, 2.24) is 10.2 Å². The Kier molecular flexibility index (Phi) is 2.48. The minimum absolute atomic E-state index is 0.00843. The highest BCUT2D eigenvalue weighted by Crippen LogP contribution is 2.48. The van der Waals surface area contributed by atoms with Gasteiger partial charge in [0.15, 0.2) is 0 Å². The summed E-state index contributed by atoms with van der Waals surface area (Å²) in [7, 11) is 0. The summed E-state index contributed by atoms with van der Waals surface area (Å²) in [6.45, 7) is 5.48. The van der Waals surface area contributed by atoms with Gasteiger partial charge in [0, 0.05) is 6.04 Å². The molecule has 100 valence electrons. The van der Waals surface area contributed by atoms with Crippen molar-refractivity contribution in [3.05, 3.63) is 0 Å². The third-order valence-corrected chi connectivity index (χ3v) is 4.53. The topological polar surface area (TPSA) is 49.4 Å². The molecule has 4 heteroatoms. The highest BCUT2D eigenvalue weighted by Gasteiger charge is 2.53. The smallest absolute Gasteiger partial charge is 0.248 e. The molecule has 4 nitrogen and oxygen atoms in total. The Morgan fingerprint density at radius 3 is 2.11 bits per heavy atom. The van der Waals surface area contributed by atoms with Crippen LogP contribution in [0.3, 0.4) is 0 Å². The van der Waals surface area contributed by atoms with Crippen LogP contribution in [-0.2, 0) is 9.59 Å². The van der Waals surface area contributed by atoms with Gasteiger partial charge in [0.1, 0.15) is 11.6 Å². The predicted octanol–water partition coefficient (Wildman–Crippen LogP) is 1.30. The molecule has 2 amide bonds. The van der Waals surface area contributed by atoms with Gasteiger partial charge in [-0.3, -0.25) is 9.59 Å². The summed E-state index contributed by atoms with van der Waals surface area (Å²) >= 11 is 0. The first kappa shape index (κ1) is 12.0.